The third-order valence-corrected chi connectivity index (χ3v) is 3.26. The topological polar surface area (TPSA) is 78.9 Å². The Kier molecular flexibility index (Phi) is 5.24. The van der Waals surface area contributed by atoms with Crippen molar-refractivity contribution < 1.29 is 23.8 Å². The SMILES string of the molecule is O=C(CCN1CCOCC1C(=O)O)Nc1cccc(F)c1. The Labute approximate surface area is 121 Å². The molecule has 1 amide bonds. The van der Waals surface area contributed by atoms with Gasteiger partial charge in [0.2, 0.25) is 5.91 Å². The standard InChI is InChI=1S/C14H17FN2O4/c15-10-2-1-3-11(8-10)16-13(18)4-5-17-6-7-21-9-12(17)14(19)20/h1-3,8,12H,4-7,9H2,(H,16,18)(H,19,20). The lowest BCUT2D eigenvalue weighted by Gasteiger charge is -2.32. The van der Waals surface area contributed by atoms with Gasteiger partial charge in [0.15, 0.2) is 0 Å². The molecule has 1 heterocycles. The summed E-state index contributed by atoms with van der Waals surface area (Å²) >= 11 is 0. The fourth-order valence-electron chi connectivity index (χ4n) is 2.17. The fourth-order valence-corrected chi connectivity index (χ4v) is 2.17. The first kappa shape index (κ1) is 15.4. The monoisotopic (exact) mass is 296 g/mol. The minimum absolute atomic E-state index is 0.126. The average Bonchev–Trinajstić information content (AvgIpc) is 2.45. The third-order valence-electron chi connectivity index (χ3n) is 3.26. The molecule has 1 aromatic carbocycles. The minimum Gasteiger partial charge on any atom is -0.480 e. The zero-order valence-electron chi connectivity index (χ0n) is 11.4. The number of anilines is 1. The molecule has 21 heavy (non-hydrogen) atoms. The zero-order chi connectivity index (χ0) is 15.2. The smallest absolute Gasteiger partial charge is 0.323 e. The van der Waals surface area contributed by atoms with Crippen LogP contribution in [0.2, 0.25) is 0 Å². The number of rotatable bonds is 5. The summed E-state index contributed by atoms with van der Waals surface area (Å²) in [6.07, 6.45) is 0.139. The molecule has 1 atom stereocenters. The van der Waals surface area contributed by atoms with Gasteiger partial charge in [-0.15, -0.1) is 0 Å². The van der Waals surface area contributed by atoms with Crippen LogP contribution in [0.1, 0.15) is 6.42 Å². The molecule has 1 saturated heterocycles. The van der Waals surface area contributed by atoms with E-state index in [0.29, 0.717) is 25.4 Å². The minimum atomic E-state index is -0.958. The Hall–Kier alpha value is -1.99. The Morgan fingerprint density at radius 2 is 2.29 bits per heavy atom. The van der Waals surface area contributed by atoms with Crippen molar-refractivity contribution in [2.75, 3.05) is 31.6 Å². The summed E-state index contributed by atoms with van der Waals surface area (Å²) in [5, 5.41) is 11.7. The number of aliphatic carboxylic acids is 1. The predicted octanol–water partition coefficient (Wildman–Crippen LogP) is 0.940. The predicted molar refractivity (Wildman–Crippen MR) is 73.5 cm³/mol. The Morgan fingerprint density at radius 3 is 3.00 bits per heavy atom. The summed E-state index contributed by atoms with van der Waals surface area (Å²) in [6.45, 7) is 1.38. The molecule has 0 bridgehead atoms. The zero-order valence-corrected chi connectivity index (χ0v) is 11.4. The highest BCUT2D eigenvalue weighted by Gasteiger charge is 2.29. The Bertz CT molecular complexity index is 523. The number of benzene rings is 1. The number of carboxylic acids is 1. The Morgan fingerprint density at radius 1 is 1.48 bits per heavy atom. The maximum absolute atomic E-state index is 13.0. The molecule has 7 heteroatoms. The lowest BCUT2D eigenvalue weighted by Crippen LogP contribution is -2.50. The number of halogens is 1. The molecule has 2 N–H and O–H groups in total. The molecular formula is C14H17FN2O4. The highest BCUT2D eigenvalue weighted by atomic mass is 19.1. The van der Waals surface area contributed by atoms with E-state index in [1.165, 1.54) is 18.2 Å². The quantitative estimate of drug-likeness (QED) is 0.845. The van der Waals surface area contributed by atoms with Crippen molar-refractivity contribution in [2.24, 2.45) is 0 Å². The summed E-state index contributed by atoms with van der Waals surface area (Å²) < 4.78 is 18.1. The number of carbonyl (C=O) groups excluding carboxylic acids is 1. The summed E-state index contributed by atoms with van der Waals surface area (Å²) in [4.78, 5) is 24.6. The number of hydrogen-bond donors (Lipinski definition) is 2. The molecule has 0 aromatic heterocycles. The molecule has 2 rings (SSSR count). The number of ether oxygens (including phenoxy) is 1. The van der Waals surface area contributed by atoms with Gasteiger partial charge in [0.1, 0.15) is 11.9 Å². The van der Waals surface area contributed by atoms with Crippen LogP contribution in [-0.4, -0.2) is 54.2 Å². The molecular weight excluding hydrogens is 279 g/mol. The lowest BCUT2D eigenvalue weighted by atomic mass is 10.2. The van der Waals surface area contributed by atoms with Crippen LogP contribution < -0.4 is 5.32 Å². The molecule has 1 aliphatic heterocycles. The number of amides is 1. The summed E-state index contributed by atoms with van der Waals surface area (Å²) in [5.74, 6) is -1.66. The first-order chi connectivity index (χ1) is 10.1. The maximum Gasteiger partial charge on any atom is 0.323 e. The van der Waals surface area contributed by atoms with E-state index >= 15 is 0 Å². The van der Waals surface area contributed by atoms with E-state index in [9.17, 15) is 14.0 Å². The number of carbonyl (C=O) groups is 2. The molecule has 1 aromatic rings. The molecule has 6 nitrogen and oxygen atoms in total. The van der Waals surface area contributed by atoms with Gasteiger partial charge < -0.3 is 15.2 Å². The molecule has 0 spiro atoms. The van der Waals surface area contributed by atoms with Crippen LogP contribution in [0.25, 0.3) is 0 Å². The van der Waals surface area contributed by atoms with Crippen LogP contribution in [0.15, 0.2) is 24.3 Å². The largest absolute Gasteiger partial charge is 0.480 e. The summed E-state index contributed by atoms with van der Waals surface area (Å²) in [5.41, 5.74) is 0.386. The first-order valence-corrected chi connectivity index (χ1v) is 6.66. The van der Waals surface area contributed by atoms with E-state index in [0.717, 1.165) is 0 Å². The van der Waals surface area contributed by atoms with Crippen LogP contribution in [0.3, 0.4) is 0 Å². The molecule has 1 unspecified atom stereocenters. The van der Waals surface area contributed by atoms with Gasteiger partial charge in [-0.3, -0.25) is 14.5 Å². The van der Waals surface area contributed by atoms with Gasteiger partial charge in [0, 0.05) is 25.2 Å². The third kappa shape index (κ3) is 4.51. The van der Waals surface area contributed by atoms with E-state index in [2.05, 4.69) is 5.32 Å². The van der Waals surface area contributed by atoms with E-state index in [1.807, 2.05) is 0 Å². The van der Waals surface area contributed by atoms with Gasteiger partial charge in [-0.05, 0) is 18.2 Å². The maximum atomic E-state index is 13.0. The van der Waals surface area contributed by atoms with Crippen molar-refractivity contribution >= 4 is 17.6 Å². The first-order valence-electron chi connectivity index (χ1n) is 6.66. The highest BCUT2D eigenvalue weighted by molar-refractivity contribution is 5.90. The normalized spacial score (nSPS) is 19.2. The number of nitrogens with one attached hydrogen (secondary N) is 1. The van der Waals surface area contributed by atoms with E-state index in [4.69, 9.17) is 9.84 Å². The van der Waals surface area contributed by atoms with E-state index < -0.39 is 17.8 Å². The van der Waals surface area contributed by atoms with Gasteiger partial charge >= 0.3 is 5.97 Å². The van der Waals surface area contributed by atoms with Crippen LogP contribution >= 0.6 is 0 Å². The number of hydrogen-bond acceptors (Lipinski definition) is 4. The molecule has 0 radical (unpaired) electrons. The highest BCUT2D eigenvalue weighted by Crippen LogP contribution is 2.11. The van der Waals surface area contributed by atoms with Gasteiger partial charge in [-0.2, -0.15) is 0 Å². The van der Waals surface area contributed by atoms with Crippen molar-refractivity contribution in [1.29, 1.82) is 0 Å². The number of morpholine rings is 1. The van der Waals surface area contributed by atoms with Crippen LogP contribution in [0.4, 0.5) is 10.1 Å². The van der Waals surface area contributed by atoms with Crippen LogP contribution in [0, 0.1) is 5.82 Å². The van der Waals surface area contributed by atoms with Crippen molar-refractivity contribution in [3.8, 4) is 0 Å². The lowest BCUT2D eigenvalue weighted by molar-refractivity contribution is -0.150. The number of carboxylic acid groups (broad SMARTS) is 1. The second-order valence-corrected chi connectivity index (χ2v) is 4.77. The fraction of sp³-hybridized carbons (Fsp3) is 0.429. The summed E-state index contributed by atoms with van der Waals surface area (Å²) in [6, 6.07) is 4.90. The van der Waals surface area contributed by atoms with E-state index in [1.54, 1.807) is 11.0 Å². The second kappa shape index (κ2) is 7.14. The van der Waals surface area contributed by atoms with Crippen LogP contribution in [-0.2, 0) is 14.3 Å². The molecule has 1 fully saturated rings. The molecule has 1 aliphatic rings. The van der Waals surface area contributed by atoms with Gasteiger partial charge in [-0.25, -0.2) is 4.39 Å². The van der Waals surface area contributed by atoms with Gasteiger partial charge in [-0.1, -0.05) is 6.07 Å². The van der Waals surface area contributed by atoms with Crippen LogP contribution in [0.5, 0.6) is 0 Å². The molecule has 0 aliphatic carbocycles. The average molecular weight is 296 g/mol. The van der Waals surface area contributed by atoms with E-state index in [-0.39, 0.29) is 18.9 Å². The van der Waals surface area contributed by atoms with Crippen molar-refractivity contribution in [2.45, 2.75) is 12.5 Å². The van der Waals surface area contributed by atoms with Gasteiger partial charge in [0.05, 0.1) is 13.2 Å². The van der Waals surface area contributed by atoms with Crippen molar-refractivity contribution in [3.63, 3.8) is 0 Å². The van der Waals surface area contributed by atoms with Crippen molar-refractivity contribution in [3.05, 3.63) is 30.1 Å². The summed E-state index contributed by atoms with van der Waals surface area (Å²) in [7, 11) is 0. The second-order valence-electron chi connectivity index (χ2n) is 4.77. The van der Waals surface area contributed by atoms with Gasteiger partial charge in [0.25, 0.3) is 0 Å². The molecule has 0 saturated carbocycles. The Balaban J connectivity index is 1.84. The number of nitrogens with zero attached hydrogens (tertiary/aromatic N) is 1. The molecule has 114 valence electrons. The van der Waals surface area contributed by atoms with Crippen molar-refractivity contribution in [1.82, 2.24) is 4.90 Å².